The fraction of sp³-hybridized carbons (Fsp3) is 0.353. The molecule has 2 heterocycles. The first-order chi connectivity index (χ1) is 13.7. The molecule has 10 nitrogen and oxygen atoms in total. The van der Waals surface area contributed by atoms with E-state index in [1.54, 1.807) is 19.1 Å². The number of ether oxygens (including phenoxy) is 1. The van der Waals surface area contributed by atoms with Gasteiger partial charge in [-0.1, -0.05) is 6.07 Å². The van der Waals surface area contributed by atoms with Crippen LogP contribution in [0.4, 0.5) is 0 Å². The molecule has 154 valence electrons. The molecule has 1 aromatic heterocycles. The molecule has 2 aromatic rings. The lowest BCUT2D eigenvalue weighted by Gasteiger charge is -2.15. The molecule has 1 atom stereocenters. The van der Waals surface area contributed by atoms with E-state index >= 15 is 0 Å². The molecule has 1 aromatic carbocycles. The summed E-state index contributed by atoms with van der Waals surface area (Å²) in [7, 11) is -4.38. The van der Waals surface area contributed by atoms with Crippen LogP contribution in [0.15, 0.2) is 24.5 Å². The van der Waals surface area contributed by atoms with Crippen LogP contribution in [0, 0.1) is 6.92 Å². The van der Waals surface area contributed by atoms with Crippen molar-refractivity contribution in [3.05, 3.63) is 41.3 Å². The van der Waals surface area contributed by atoms with Crippen molar-refractivity contribution in [2.75, 3.05) is 18.6 Å². The number of amides is 1. The summed E-state index contributed by atoms with van der Waals surface area (Å²) in [5, 5.41) is 21.5. The zero-order valence-corrected chi connectivity index (χ0v) is 16.6. The van der Waals surface area contributed by atoms with E-state index in [0.717, 1.165) is 11.8 Å². The number of nitrogens with zero attached hydrogens (tertiary/aromatic N) is 2. The molecule has 1 unspecified atom stereocenters. The molecular weight excluding hydrogens is 401 g/mol. The summed E-state index contributed by atoms with van der Waals surface area (Å²) in [6.45, 7) is 1.59. The number of hydrogen-bond acceptors (Lipinski definition) is 9. The van der Waals surface area contributed by atoms with Crippen molar-refractivity contribution in [1.82, 2.24) is 15.3 Å². The summed E-state index contributed by atoms with van der Waals surface area (Å²) in [5.41, 5.74) is 2.20. The predicted molar refractivity (Wildman–Crippen MR) is 104 cm³/mol. The van der Waals surface area contributed by atoms with Gasteiger partial charge in [-0.2, -0.15) is 0 Å². The molecule has 3 rings (SSSR count). The smallest absolute Gasteiger partial charge is 0.437 e. The Morgan fingerprint density at radius 1 is 1.38 bits per heavy atom. The van der Waals surface area contributed by atoms with Gasteiger partial charge in [0, 0.05) is 6.26 Å². The van der Waals surface area contributed by atoms with Crippen LogP contribution < -0.4 is 15.5 Å². The first-order valence-electron chi connectivity index (χ1n) is 8.69. The second-order valence-corrected chi connectivity index (χ2v) is 8.90. The van der Waals surface area contributed by atoms with E-state index in [-0.39, 0.29) is 11.6 Å². The Morgan fingerprint density at radius 2 is 2.14 bits per heavy atom. The summed E-state index contributed by atoms with van der Waals surface area (Å²) in [6, 6.07) is 2.58. The summed E-state index contributed by atoms with van der Waals surface area (Å²) in [4.78, 5) is 20.2. The Kier molecular flexibility index (Phi) is 6.17. The number of carbonyl (C=O) groups excluding carboxylic acids is 1. The van der Waals surface area contributed by atoms with Crippen molar-refractivity contribution in [2.45, 2.75) is 19.6 Å². The van der Waals surface area contributed by atoms with Gasteiger partial charge >= 0.3 is 7.12 Å². The molecule has 0 fully saturated rings. The number of hydrogen-bond donors (Lipinski definition) is 3. The van der Waals surface area contributed by atoms with Gasteiger partial charge in [0.15, 0.2) is 0 Å². The highest BCUT2D eigenvalue weighted by atomic mass is 32.2. The molecule has 0 aliphatic carbocycles. The second-order valence-electron chi connectivity index (χ2n) is 6.71. The fourth-order valence-corrected chi connectivity index (χ4v) is 3.88. The van der Waals surface area contributed by atoms with Crippen LogP contribution in [-0.2, 0) is 21.1 Å². The minimum absolute atomic E-state index is 0.0567. The first-order valence-corrected chi connectivity index (χ1v) is 10.8. The molecule has 0 saturated heterocycles. The Morgan fingerprint density at radius 3 is 2.76 bits per heavy atom. The van der Waals surface area contributed by atoms with Crippen LogP contribution in [0.3, 0.4) is 0 Å². The number of aromatic nitrogens is 2. The van der Waals surface area contributed by atoms with E-state index in [1.165, 1.54) is 12.4 Å². The van der Waals surface area contributed by atoms with Crippen LogP contribution in [0.25, 0.3) is 0 Å². The largest absolute Gasteiger partial charge is 0.492 e. The molecule has 0 saturated carbocycles. The van der Waals surface area contributed by atoms with Crippen LogP contribution in [0.2, 0.25) is 0 Å². The van der Waals surface area contributed by atoms with E-state index in [9.17, 15) is 23.3 Å². The third kappa shape index (κ3) is 5.09. The lowest BCUT2D eigenvalue weighted by atomic mass is 9.76. The normalized spacial score (nSPS) is 14.4. The Hall–Kier alpha value is -2.54. The third-order valence-electron chi connectivity index (χ3n) is 4.33. The number of aliphatic hydroxyl groups is 1. The lowest BCUT2D eigenvalue weighted by molar-refractivity contribution is 0.0917. The standard InChI is InChI=1S/C17H20BN3O7S/c1-10-14(4-3-11-8-27-18(24)16(10)11)28-15-6-19-13(5-20-15)17(23)21-12(7-22)9-29(2,25)26/h3-6,12,22,24H,7-9H2,1-2H3,(H,21,23). The maximum absolute atomic E-state index is 12.2. The van der Waals surface area contributed by atoms with Crippen molar-refractivity contribution >= 4 is 28.3 Å². The average Bonchev–Trinajstić information content (AvgIpc) is 3.04. The molecule has 3 N–H and O–H groups in total. The van der Waals surface area contributed by atoms with E-state index in [1.807, 2.05) is 0 Å². The number of fused-ring (bicyclic) bond motifs is 1. The Labute approximate surface area is 168 Å². The van der Waals surface area contributed by atoms with Gasteiger partial charge in [0.05, 0.1) is 37.4 Å². The summed E-state index contributed by atoms with van der Waals surface area (Å²) >= 11 is 0. The molecule has 0 bridgehead atoms. The number of rotatable bonds is 7. The van der Waals surface area contributed by atoms with E-state index in [2.05, 4.69) is 15.3 Å². The van der Waals surface area contributed by atoms with Crippen molar-refractivity contribution < 1.29 is 32.7 Å². The average molecular weight is 421 g/mol. The zero-order valence-electron chi connectivity index (χ0n) is 15.8. The summed E-state index contributed by atoms with van der Waals surface area (Å²) in [6.07, 6.45) is 3.44. The molecular formula is C17H20BN3O7S. The van der Waals surface area contributed by atoms with Gasteiger partial charge in [0.25, 0.3) is 5.91 Å². The highest BCUT2D eigenvalue weighted by Crippen LogP contribution is 2.25. The SMILES string of the molecule is Cc1c(Oc2cnc(C(=O)NC(CO)CS(C)(=O)=O)cn2)ccc2c1B(O)OC2. The second kappa shape index (κ2) is 8.45. The topological polar surface area (TPSA) is 148 Å². The third-order valence-corrected chi connectivity index (χ3v) is 5.34. The first kappa shape index (κ1) is 21.2. The maximum atomic E-state index is 12.2. The van der Waals surface area contributed by atoms with Crippen LogP contribution >= 0.6 is 0 Å². The number of benzene rings is 1. The maximum Gasteiger partial charge on any atom is 0.492 e. The van der Waals surface area contributed by atoms with Gasteiger partial charge < -0.3 is 24.8 Å². The monoisotopic (exact) mass is 421 g/mol. The van der Waals surface area contributed by atoms with Crippen molar-refractivity contribution in [2.24, 2.45) is 0 Å². The lowest BCUT2D eigenvalue weighted by Crippen LogP contribution is -2.42. The van der Waals surface area contributed by atoms with Crippen LogP contribution in [-0.4, -0.2) is 66.2 Å². The molecule has 12 heteroatoms. The number of sulfone groups is 1. The van der Waals surface area contributed by atoms with Gasteiger partial charge in [-0.3, -0.25) is 4.79 Å². The predicted octanol–water partition coefficient (Wildman–Crippen LogP) is -1.07. The number of nitrogens with one attached hydrogen (secondary N) is 1. The van der Waals surface area contributed by atoms with Crippen LogP contribution in [0.5, 0.6) is 11.6 Å². The van der Waals surface area contributed by atoms with Crippen LogP contribution in [0.1, 0.15) is 21.6 Å². The highest BCUT2D eigenvalue weighted by molar-refractivity contribution is 7.90. The Bertz CT molecular complexity index is 1010. The fourth-order valence-electron chi connectivity index (χ4n) is 2.96. The van der Waals surface area contributed by atoms with E-state index in [0.29, 0.717) is 23.4 Å². The zero-order chi connectivity index (χ0) is 21.2. The number of carbonyl (C=O) groups is 1. The van der Waals surface area contributed by atoms with E-state index < -0.39 is 41.3 Å². The van der Waals surface area contributed by atoms with Crippen molar-refractivity contribution in [3.8, 4) is 11.6 Å². The summed E-state index contributed by atoms with van der Waals surface area (Å²) in [5.74, 6) is -0.460. The van der Waals surface area contributed by atoms with Gasteiger partial charge in [-0.15, -0.1) is 0 Å². The summed E-state index contributed by atoms with van der Waals surface area (Å²) < 4.78 is 33.5. The quantitative estimate of drug-likeness (QED) is 0.475. The van der Waals surface area contributed by atoms with Gasteiger partial charge in [0.2, 0.25) is 5.88 Å². The molecule has 0 radical (unpaired) electrons. The molecule has 29 heavy (non-hydrogen) atoms. The number of aliphatic hydroxyl groups excluding tert-OH is 1. The van der Waals surface area contributed by atoms with Gasteiger partial charge in [-0.05, 0) is 29.6 Å². The highest BCUT2D eigenvalue weighted by Gasteiger charge is 2.30. The van der Waals surface area contributed by atoms with Crippen molar-refractivity contribution in [3.63, 3.8) is 0 Å². The van der Waals surface area contributed by atoms with Gasteiger partial charge in [0.1, 0.15) is 21.3 Å². The van der Waals surface area contributed by atoms with Crippen molar-refractivity contribution in [1.29, 1.82) is 0 Å². The Balaban J connectivity index is 1.69. The molecule has 1 aliphatic rings. The van der Waals surface area contributed by atoms with E-state index in [4.69, 9.17) is 9.39 Å². The molecule has 1 amide bonds. The molecule has 1 aliphatic heterocycles. The minimum atomic E-state index is -3.37. The molecule has 0 spiro atoms. The van der Waals surface area contributed by atoms with Gasteiger partial charge in [-0.25, -0.2) is 18.4 Å². The minimum Gasteiger partial charge on any atom is -0.437 e.